The Morgan fingerprint density at radius 3 is 2.32 bits per heavy atom. The van der Waals surface area contributed by atoms with Gasteiger partial charge in [-0.15, -0.1) is 0 Å². The lowest BCUT2D eigenvalue weighted by Crippen LogP contribution is -2.30. The average Bonchev–Trinajstić information content (AvgIpc) is 2.51. The van der Waals surface area contributed by atoms with Crippen molar-refractivity contribution in [1.82, 2.24) is 5.32 Å². The van der Waals surface area contributed by atoms with Gasteiger partial charge in [0.1, 0.15) is 5.78 Å². The summed E-state index contributed by atoms with van der Waals surface area (Å²) in [6.45, 7) is 3.83. The molecule has 1 N–H and O–H groups in total. The molecule has 1 aliphatic carbocycles. The molecule has 2 aliphatic rings. The van der Waals surface area contributed by atoms with Crippen LogP contribution in [0.15, 0.2) is 30.3 Å². The van der Waals surface area contributed by atoms with E-state index in [0.29, 0.717) is 5.78 Å². The molecule has 0 aromatic heterocycles. The van der Waals surface area contributed by atoms with Crippen molar-refractivity contribution in [3.63, 3.8) is 0 Å². The van der Waals surface area contributed by atoms with Gasteiger partial charge in [0.25, 0.3) is 0 Å². The van der Waals surface area contributed by atoms with E-state index in [0.717, 1.165) is 45.6 Å². The monoisotopic (exact) mass is 261 g/mol. The van der Waals surface area contributed by atoms with E-state index in [1.807, 2.05) is 18.2 Å². The highest BCUT2D eigenvalue weighted by molar-refractivity contribution is 5.86. The van der Waals surface area contributed by atoms with Crippen molar-refractivity contribution < 1.29 is 9.53 Å². The van der Waals surface area contributed by atoms with E-state index in [-0.39, 0.29) is 5.92 Å². The third kappa shape index (κ3) is 4.77. The van der Waals surface area contributed by atoms with E-state index in [1.54, 1.807) is 0 Å². The maximum absolute atomic E-state index is 11.6. The molecule has 1 saturated heterocycles. The van der Waals surface area contributed by atoms with Crippen LogP contribution in [0.1, 0.15) is 37.2 Å². The van der Waals surface area contributed by atoms with Gasteiger partial charge in [0.2, 0.25) is 0 Å². The molecule has 3 nitrogen and oxygen atoms in total. The third-order valence-corrected chi connectivity index (χ3v) is 3.60. The van der Waals surface area contributed by atoms with Crippen molar-refractivity contribution in [2.75, 3.05) is 26.3 Å². The largest absolute Gasteiger partial charge is 0.379 e. The van der Waals surface area contributed by atoms with Gasteiger partial charge in [0, 0.05) is 25.4 Å². The van der Waals surface area contributed by atoms with Crippen LogP contribution >= 0.6 is 0 Å². The molecule has 1 heterocycles. The summed E-state index contributed by atoms with van der Waals surface area (Å²) in [5.74, 6) is 0.618. The summed E-state index contributed by atoms with van der Waals surface area (Å²) in [6, 6.07) is 10.1. The first-order valence-corrected chi connectivity index (χ1v) is 7.24. The lowest BCUT2D eigenvalue weighted by Gasteiger charge is -2.20. The summed E-state index contributed by atoms with van der Waals surface area (Å²) in [5.41, 5.74) is 1.20. The van der Waals surface area contributed by atoms with Crippen LogP contribution in [-0.4, -0.2) is 32.1 Å². The van der Waals surface area contributed by atoms with Gasteiger partial charge in [0.15, 0.2) is 0 Å². The van der Waals surface area contributed by atoms with Crippen LogP contribution in [0, 0.1) is 0 Å². The van der Waals surface area contributed by atoms with Gasteiger partial charge in [-0.25, -0.2) is 0 Å². The zero-order chi connectivity index (χ0) is 13.3. The number of hydrogen-bond donors (Lipinski definition) is 1. The molecule has 104 valence electrons. The number of ether oxygens (including phenoxy) is 1. The van der Waals surface area contributed by atoms with Gasteiger partial charge >= 0.3 is 0 Å². The zero-order valence-electron chi connectivity index (χ0n) is 11.4. The number of nitrogens with one attached hydrogen (secondary N) is 1. The Hall–Kier alpha value is -1.19. The highest BCUT2D eigenvalue weighted by Gasteiger charge is 2.22. The predicted molar refractivity (Wildman–Crippen MR) is 76.3 cm³/mol. The molecule has 1 atom stereocenters. The van der Waals surface area contributed by atoms with Gasteiger partial charge in [-0.2, -0.15) is 0 Å². The van der Waals surface area contributed by atoms with Crippen LogP contribution in [0.2, 0.25) is 0 Å². The van der Waals surface area contributed by atoms with E-state index < -0.39 is 0 Å². The maximum Gasteiger partial charge on any atom is 0.140 e. The van der Waals surface area contributed by atoms with Crippen LogP contribution in [0.4, 0.5) is 0 Å². The molecule has 1 aromatic rings. The number of benzene rings is 1. The van der Waals surface area contributed by atoms with E-state index in [4.69, 9.17) is 4.74 Å². The van der Waals surface area contributed by atoms with Gasteiger partial charge in [-0.3, -0.25) is 4.79 Å². The molecule has 19 heavy (non-hydrogen) atoms. The smallest absolute Gasteiger partial charge is 0.140 e. The fourth-order valence-corrected chi connectivity index (χ4v) is 2.54. The van der Waals surface area contributed by atoms with E-state index in [9.17, 15) is 4.79 Å². The number of carbonyl (C=O) groups excluding carboxylic acids is 1. The second-order valence-electron chi connectivity index (χ2n) is 5.04. The SMILES string of the molecule is C1COCCN1.O=C1CCCCC1c1ccccc1. The van der Waals surface area contributed by atoms with Crippen molar-refractivity contribution in [1.29, 1.82) is 0 Å². The Balaban J connectivity index is 0.000000186. The number of morpholine rings is 1. The van der Waals surface area contributed by atoms with Gasteiger partial charge in [-0.1, -0.05) is 36.8 Å². The second-order valence-corrected chi connectivity index (χ2v) is 5.04. The van der Waals surface area contributed by atoms with Crippen LogP contribution in [0.25, 0.3) is 0 Å². The Kier molecular flexibility index (Phi) is 6.05. The number of hydrogen-bond acceptors (Lipinski definition) is 3. The van der Waals surface area contributed by atoms with Crippen LogP contribution in [0.3, 0.4) is 0 Å². The summed E-state index contributed by atoms with van der Waals surface area (Å²) >= 11 is 0. The average molecular weight is 261 g/mol. The maximum atomic E-state index is 11.6. The molecule has 1 aromatic carbocycles. The number of rotatable bonds is 1. The normalized spacial score (nSPS) is 23.4. The molecule has 3 heteroatoms. The van der Waals surface area contributed by atoms with E-state index in [2.05, 4.69) is 17.4 Å². The minimum absolute atomic E-state index is 0.190. The van der Waals surface area contributed by atoms with E-state index in [1.165, 1.54) is 12.0 Å². The minimum Gasteiger partial charge on any atom is -0.379 e. The van der Waals surface area contributed by atoms with Crippen LogP contribution < -0.4 is 5.32 Å². The zero-order valence-corrected chi connectivity index (χ0v) is 11.4. The van der Waals surface area contributed by atoms with Crippen LogP contribution in [-0.2, 0) is 9.53 Å². The van der Waals surface area contributed by atoms with E-state index >= 15 is 0 Å². The Bertz CT molecular complexity index is 362. The second kappa shape index (κ2) is 8.08. The van der Waals surface area contributed by atoms with Crippen molar-refractivity contribution in [3.8, 4) is 0 Å². The van der Waals surface area contributed by atoms with Gasteiger partial charge in [-0.05, 0) is 18.4 Å². The fraction of sp³-hybridized carbons (Fsp3) is 0.562. The minimum atomic E-state index is 0.190. The van der Waals surface area contributed by atoms with Crippen molar-refractivity contribution in [2.24, 2.45) is 0 Å². The summed E-state index contributed by atoms with van der Waals surface area (Å²) in [4.78, 5) is 11.6. The first-order valence-electron chi connectivity index (χ1n) is 7.24. The predicted octanol–water partition coefficient (Wildman–Crippen LogP) is 2.52. The molecule has 0 bridgehead atoms. The molecule has 0 radical (unpaired) electrons. The summed E-state index contributed by atoms with van der Waals surface area (Å²) in [6.07, 6.45) is 4.11. The number of Topliss-reactive ketones (excluding diaryl/α,β-unsaturated/α-hetero) is 1. The molecule has 0 spiro atoms. The molecule has 0 amide bonds. The molecule has 1 unspecified atom stereocenters. The van der Waals surface area contributed by atoms with Crippen molar-refractivity contribution in [3.05, 3.63) is 35.9 Å². The Labute approximate surface area is 115 Å². The van der Waals surface area contributed by atoms with Crippen molar-refractivity contribution in [2.45, 2.75) is 31.6 Å². The standard InChI is InChI=1S/C12H14O.C4H9NO/c13-12-9-5-4-8-11(12)10-6-2-1-3-7-10;1-3-6-4-2-5-1/h1-3,6-7,11H,4-5,8-9H2;5H,1-4H2. The summed E-state index contributed by atoms with van der Waals surface area (Å²) in [7, 11) is 0. The lowest BCUT2D eigenvalue weighted by molar-refractivity contribution is -0.121. The molecule has 2 fully saturated rings. The molecule has 1 aliphatic heterocycles. The van der Waals surface area contributed by atoms with Gasteiger partial charge < -0.3 is 10.1 Å². The fourth-order valence-electron chi connectivity index (χ4n) is 2.54. The number of ketones is 1. The molecule has 1 saturated carbocycles. The van der Waals surface area contributed by atoms with Crippen molar-refractivity contribution >= 4 is 5.78 Å². The Morgan fingerprint density at radius 2 is 1.79 bits per heavy atom. The quantitative estimate of drug-likeness (QED) is 0.844. The summed E-state index contributed by atoms with van der Waals surface area (Å²) < 4.78 is 5.01. The number of carbonyl (C=O) groups is 1. The highest BCUT2D eigenvalue weighted by atomic mass is 16.5. The third-order valence-electron chi connectivity index (χ3n) is 3.60. The topological polar surface area (TPSA) is 38.3 Å². The summed E-state index contributed by atoms with van der Waals surface area (Å²) in [5, 5.41) is 3.16. The lowest BCUT2D eigenvalue weighted by atomic mass is 9.83. The first kappa shape index (κ1) is 14.2. The van der Waals surface area contributed by atoms with Crippen LogP contribution in [0.5, 0.6) is 0 Å². The first-order chi connectivity index (χ1) is 9.38. The highest BCUT2D eigenvalue weighted by Crippen LogP contribution is 2.29. The molecular formula is C16H23NO2. The molecule has 3 rings (SSSR count). The van der Waals surface area contributed by atoms with Gasteiger partial charge in [0.05, 0.1) is 13.2 Å². The molecular weight excluding hydrogens is 238 g/mol. The Morgan fingerprint density at radius 1 is 1.05 bits per heavy atom.